The molecule has 0 radical (unpaired) electrons. The summed E-state index contributed by atoms with van der Waals surface area (Å²) in [6, 6.07) is 8.56. The number of carbonyl (C=O) groups is 2. The summed E-state index contributed by atoms with van der Waals surface area (Å²) in [6.07, 6.45) is 1.85. The van der Waals surface area contributed by atoms with Crippen LogP contribution in [0, 0.1) is 5.82 Å². The monoisotopic (exact) mass is 410 g/mol. The summed E-state index contributed by atoms with van der Waals surface area (Å²) >= 11 is 0. The van der Waals surface area contributed by atoms with Gasteiger partial charge in [0.05, 0.1) is 0 Å². The molecule has 0 unspecified atom stereocenters. The van der Waals surface area contributed by atoms with E-state index in [1.54, 1.807) is 7.05 Å². The van der Waals surface area contributed by atoms with Crippen molar-refractivity contribution in [1.82, 2.24) is 4.90 Å². The number of nitrogens with zero attached hydrogens (tertiary/aromatic N) is 2. The molecule has 0 saturated heterocycles. The summed E-state index contributed by atoms with van der Waals surface area (Å²) in [5.41, 5.74) is 2.25. The number of hydrogen-bond acceptors (Lipinski definition) is 3. The van der Waals surface area contributed by atoms with Crippen molar-refractivity contribution in [3.63, 3.8) is 0 Å². The van der Waals surface area contributed by atoms with Gasteiger partial charge in [0.1, 0.15) is 17.1 Å². The fraction of sp³-hybridized carbons (Fsp3) is 0.333. The molecule has 0 spiro atoms. The van der Waals surface area contributed by atoms with Gasteiger partial charge in [0.15, 0.2) is 0 Å². The zero-order valence-electron chi connectivity index (χ0n) is 17.8. The number of carbonyl (C=O) groups excluding carboxylic acids is 2. The standard InChI is InChI=1S/C24H27FN2O3/c1-6-20(29)26(5)17-8-7-15-11-12-27(14-16(15)13-17)23(30)21-19(28)10-9-18(22(21)25)24(2,3)4/h6-10,13,28H,1,11-12,14H2,2-5H3. The van der Waals surface area contributed by atoms with Gasteiger partial charge in [0.2, 0.25) is 5.91 Å². The molecule has 1 N–H and O–H groups in total. The van der Waals surface area contributed by atoms with Crippen LogP contribution in [0.15, 0.2) is 43.0 Å². The summed E-state index contributed by atoms with van der Waals surface area (Å²) in [5.74, 6) is -1.81. The number of amides is 2. The molecule has 1 aliphatic heterocycles. The van der Waals surface area contributed by atoms with Gasteiger partial charge in [0, 0.05) is 25.8 Å². The predicted octanol–water partition coefficient (Wildman–Crippen LogP) is 4.18. The lowest BCUT2D eigenvalue weighted by molar-refractivity contribution is -0.113. The topological polar surface area (TPSA) is 60.9 Å². The van der Waals surface area contributed by atoms with E-state index in [0.29, 0.717) is 24.2 Å². The normalized spacial score (nSPS) is 13.6. The highest BCUT2D eigenvalue weighted by molar-refractivity contribution is 6.00. The predicted molar refractivity (Wildman–Crippen MR) is 115 cm³/mol. The van der Waals surface area contributed by atoms with Crippen molar-refractivity contribution in [2.75, 3.05) is 18.5 Å². The Labute approximate surface area is 176 Å². The molecule has 1 heterocycles. The highest BCUT2D eigenvalue weighted by atomic mass is 19.1. The lowest BCUT2D eigenvalue weighted by atomic mass is 9.85. The third kappa shape index (κ3) is 3.95. The Morgan fingerprint density at radius 1 is 1.20 bits per heavy atom. The van der Waals surface area contributed by atoms with Crippen LogP contribution >= 0.6 is 0 Å². The van der Waals surface area contributed by atoms with E-state index >= 15 is 4.39 Å². The third-order valence-electron chi connectivity index (χ3n) is 5.52. The molecular weight excluding hydrogens is 383 g/mol. The smallest absolute Gasteiger partial charge is 0.260 e. The molecule has 1 aliphatic rings. The molecule has 6 heteroatoms. The Kier molecular flexibility index (Phi) is 5.70. The highest BCUT2D eigenvalue weighted by Gasteiger charge is 2.30. The number of anilines is 1. The molecule has 0 bridgehead atoms. The van der Waals surface area contributed by atoms with Crippen LogP contribution in [0.2, 0.25) is 0 Å². The van der Waals surface area contributed by atoms with Crippen LogP contribution in [0.25, 0.3) is 0 Å². The SMILES string of the molecule is C=CC(=O)N(C)c1ccc2c(c1)CN(C(=O)c1c(O)ccc(C(C)(C)C)c1F)CC2. The molecule has 5 nitrogen and oxygen atoms in total. The lowest BCUT2D eigenvalue weighted by Crippen LogP contribution is -2.37. The number of benzene rings is 2. The minimum absolute atomic E-state index is 0.232. The first-order chi connectivity index (χ1) is 14.0. The summed E-state index contributed by atoms with van der Waals surface area (Å²) in [5, 5.41) is 10.2. The van der Waals surface area contributed by atoms with E-state index in [9.17, 15) is 14.7 Å². The number of rotatable bonds is 3. The van der Waals surface area contributed by atoms with E-state index < -0.39 is 17.1 Å². The first-order valence-electron chi connectivity index (χ1n) is 9.87. The van der Waals surface area contributed by atoms with Gasteiger partial charge in [0.25, 0.3) is 5.91 Å². The van der Waals surface area contributed by atoms with Crippen LogP contribution in [0.4, 0.5) is 10.1 Å². The van der Waals surface area contributed by atoms with Crippen molar-refractivity contribution in [3.05, 3.63) is 71.1 Å². The quantitative estimate of drug-likeness (QED) is 0.773. The van der Waals surface area contributed by atoms with Gasteiger partial charge in [-0.2, -0.15) is 0 Å². The second-order valence-corrected chi connectivity index (χ2v) is 8.60. The molecule has 2 aromatic carbocycles. The Morgan fingerprint density at radius 3 is 2.53 bits per heavy atom. The first kappa shape index (κ1) is 21.6. The van der Waals surface area contributed by atoms with Crippen molar-refractivity contribution in [3.8, 4) is 5.75 Å². The van der Waals surface area contributed by atoms with Gasteiger partial charge in [-0.15, -0.1) is 0 Å². The van der Waals surface area contributed by atoms with Crippen LogP contribution in [0.1, 0.15) is 47.8 Å². The number of hydrogen-bond donors (Lipinski definition) is 1. The fourth-order valence-electron chi connectivity index (χ4n) is 3.70. The summed E-state index contributed by atoms with van der Waals surface area (Å²) in [7, 11) is 1.66. The van der Waals surface area contributed by atoms with Crippen molar-refractivity contribution >= 4 is 17.5 Å². The van der Waals surface area contributed by atoms with Crippen molar-refractivity contribution in [2.45, 2.75) is 39.2 Å². The van der Waals surface area contributed by atoms with Gasteiger partial charge in [-0.25, -0.2) is 4.39 Å². The highest BCUT2D eigenvalue weighted by Crippen LogP contribution is 2.33. The lowest BCUT2D eigenvalue weighted by Gasteiger charge is -2.31. The molecule has 2 amide bonds. The third-order valence-corrected chi connectivity index (χ3v) is 5.52. The molecule has 0 fully saturated rings. The largest absolute Gasteiger partial charge is 0.507 e. The number of likely N-dealkylation sites (N-methyl/N-ethyl adjacent to an activating group) is 1. The van der Waals surface area contributed by atoms with Crippen LogP contribution in [-0.4, -0.2) is 35.4 Å². The molecule has 30 heavy (non-hydrogen) atoms. The molecule has 0 aromatic heterocycles. The minimum atomic E-state index is -0.677. The Hall–Kier alpha value is -3.15. The molecule has 2 aromatic rings. The van der Waals surface area contributed by atoms with Gasteiger partial charge in [-0.05, 0) is 52.8 Å². The van der Waals surface area contributed by atoms with Gasteiger partial charge in [-0.3, -0.25) is 9.59 Å². The van der Waals surface area contributed by atoms with Crippen molar-refractivity contribution < 1.29 is 19.1 Å². The van der Waals surface area contributed by atoms with Crippen LogP contribution in [-0.2, 0) is 23.2 Å². The zero-order chi connectivity index (χ0) is 22.2. The summed E-state index contributed by atoms with van der Waals surface area (Å²) in [4.78, 5) is 28.1. The van der Waals surface area contributed by atoms with Gasteiger partial charge < -0.3 is 14.9 Å². The molecule has 158 valence electrons. The van der Waals surface area contributed by atoms with Crippen LogP contribution < -0.4 is 4.90 Å². The minimum Gasteiger partial charge on any atom is -0.507 e. The maximum absolute atomic E-state index is 15.2. The fourth-order valence-corrected chi connectivity index (χ4v) is 3.70. The Balaban J connectivity index is 1.93. The number of phenols is 1. The van der Waals surface area contributed by atoms with Crippen molar-refractivity contribution in [1.29, 1.82) is 0 Å². The van der Waals surface area contributed by atoms with E-state index in [1.165, 1.54) is 28.0 Å². The van der Waals surface area contributed by atoms with Crippen LogP contribution in [0.5, 0.6) is 5.75 Å². The molecular formula is C24H27FN2O3. The average molecular weight is 410 g/mol. The van der Waals surface area contributed by atoms with Crippen molar-refractivity contribution in [2.24, 2.45) is 0 Å². The van der Waals surface area contributed by atoms with Crippen LogP contribution in [0.3, 0.4) is 0 Å². The average Bonchev–Trinajstić information content (AvgIpc) is 2.70. The summed E-state index contributed by atoms with van der Waals surface area (Å²) < 4.78 is 15.2. The van der Waals surface area contributed by atoms with Gasteiger partial charge in [-0.1, -0.05) is 39.5 Å². The zero-order valence-corrected chi connectivity index (χ0v) is 17.8. The Morgan fingerprint density at radius 2 is 1.90 bits per heavy atom. The van der Waals surface area contributed by atoms with E-state index in [1.807, 2.05) is 39.0 Å². The molecule has 0 atom stereocenters. The molecule has 0 aliphatic carbocycles. The number of halogens is 1. The van der Waals surface area contributed by atoms with E-state index in [-0.39, 0.29) is 23.8 Å². The number of fused-ring (bicyclic) bond motifs is 1. The van der Waals surface area contributed by atoms with Gasteiger partial charge >= 0.3 is 0 Å². The maximum Gasteiger partial charge on any atom is 0.260 e. The number of aromatic hydroxyl groups is 1. The Bertz CT molecular complexity index is 1020. The maximum atomic E-state index is 15.2. The number of phenolic OH excluding ortho intramolecular Hbond substituents is 1. The molecule has 3 rings (SSSR count). The van der Waals surface area contributed by atoms with E-state index in [0.717, 1.165) is 11.1 Å². The summed E-state index contributed by atoms with van der Waals surface area (Å²) in [6.45, 7) is 9.77. The van der Waals surface area contributed by atoms with E-state index in [2.05, 4.69) is 6.58 Å². The second-order valence-electron chi connectivity index (χ2n) is 8.60. The first-order valence-corrected chi connectivity index (χ1v) is 9.87. The van der Waals surface area contributed by atoms with E-state index in [4.69, 9.17) is 0 Å². The molecule has 0 saturated carbocycles. The second kappa shape index (κ2) is 7.94.